The van der Waals surface area contributed by atoms with Gasteiger partial charge in [0.05, 0.1) is 11.3 Å². The molecule has 0 amide bonds. The molecule has 2 rings (SSSR count). The van der Waals surface area contributed by atoms with Crippen molar-refractivity contribution in [1.82, 2.24) is 0 Å². The highest BCUT2D eigenvalue weighted by Gasteiger charge is 2.28. The van der Waals surface area contributed by atoms with Gasteiger partial charge in [-0.25, -0.2) is 9.18 Å². The first-order valence-corrected chi connectivity index (χ1v) is 7.79. The zero-order valence-electron chi connectivity index (χ0n) is 12.8. The molecule has 1 saturated carbocycles. The minimum absolute atomic E-state index is 0.0747. The largest absolute Gasteiger partial charge is 0.478 e. The van der Waals surface area contributed by atoms with Crippen LogP contribution in [0.25, 0.3) is 0 Å². The molecule has 1 fully saturated rings. The van der Waals surface area contributed by atoms with E-state index in [1.807, 2.05) is 4.90 Å². The molecule has 0 spiro atoms. The Labute approximate surface area is 125 Å². The smallest absolute Gasteiger partial charge is 0.337 e. The number of aromatic carboxylic acids is 1. The number of carboxylic acid groups (broad SMARTS) is 1. The van der Waals surface area contributed by atoms with Gasteiger partial charge in [-0.3, -0.25) is 0 Å². The van der Waals surface area contributed by atoms with Crippen molar-refractivity contribution in [3.63, 3.8) is 0 Å². The number of hydrogen-bond acceptors (Lipinski definition) is 2. The van der Waals surface area contributed by atoms with Gasteiger partial charge in [0.25, 0.3) is 0 Å². The van der Waals surface area contributed by atoms with Crippen LogP contribution in [0.3, 0.4) is 0 Å². The molecule has 0 radical (unpaired) electrons. The second-order valence-electron chi connectivity index (χ2n) is 6.26. The van der Waals surface area contributed by atoms with Crippen LogP contribution in [0, 0.1) is 11.7 Å². The fourth-order valence-electron chi connectivity index (χ4n) is 3.07. The fraction of sp³-hybridized carbons (Fsp3) is 0.588. The Bertz CT molecular complexity index is 496. The van der Waals surface area contributed by atoms with Gasteiger partial charge < -0.3 is 10.0 Å². The van der Waals surface area contributed by atoms with Gasteiger partial charge in [-0.1, -0.05) is 32.8 Å². The van der Waals surface area contributed by atoms with Gasteiger partial charge >= 0.3 is 5.97 Å². The summed E-state index contributed by atoms with van der Waals surface area (Å²) in [6.07, 6.45) is 5.25. The van der Waals surface area contributed by atoms with Crippen LogP contribution in [0.2, 0.25) is 0 Å². The summed E-state index contributed by atoms with van der Waals surface area (Å²) in [4.78, 5) is 13.4. The zero-order chi connectivity index (χ0) is 15.4. The highest BCUT2D eigenvalue weighted by Crippen LogP contribution is 2.33. The molecule has 4 heteroatoms. The van der Waals surface area contributed by atoms with E-state index in [-0.39, 0.29) is 17.3 Å². The molecule has 0 aliphatic heterocycles. The lowest BCUT2D eigenvalue weighted by molar-refractivity contribution is 0.0697. The van der Waals surface area contributed by atoms with Gasteiger partial charge in [0, 0.05) is 12.6 Å². The molecule has 0 saturated heterocycles. The molecular weight excluding hydrogens is 269 g/mol. The number of benzene rings is 1. The Morgan fingerprint density at radius 1 is 1.38 bits per heavy atom. The van der Waals surface area contributed by atoms with Gasteiger partial charge in [0.1, 0.15) is 5.82 Å². The summed E-state index contributed by atoms with van der Waals surface area (Å²) in [5, 5.41) is 9.37. The molecule has 116 valence electrons. The molecule has 0 bridgehead atoms. The predicted octanol–water partition coefficient (Wildman–Crippen LogP) is 4.32. The van der Waals surface area contributed by atoms with Crippen molar-refractivity contribution in [2.24, 2.45) is 5.92 Å². The second-order valence-corrected chi connectivity index (χ2v) is 6.26. The van der Waals surface area contributed by atoms with Crippen LogP contribution < -0.4 is 4.90 Å². The van der Waals surface area contributed by atoms with Crippen molar-refractivity contribution in [2.45, 2.75) is 52.0 Å². The normalized spacial score (nSPS) is 15.6. The molecule has 1 N–H and O–H groups in total. The maximum atomic E-state index is 14.3. The minimum Gasteiger partial charge on any atom is -0.478 e. The first kappa shape index (κ1) is 15.8. The lowest BCUT2D eigenvalue weighted by Crippen LogP contribution is -2.36. The highest BCUT2D eigenvalue weighted by molar-refractivity contribution is 5.94. The monoisotopic (exact) mass is 293 g/mol. The van der Waals surface area contributed by atoms with E-state index in [4.69, 9.17) is 0 Å². The summed E-state index contributed by atoms with van der Waals surface area (Å²) >= 11 is 0. The standard InChI is InChI=1S/C17H24FNO2/c1-12(2)10-11-19(13-6-3-4-7-13)16-14(17(20)21)8-5-9-15(16)18/h5,8-9,12-13H,3-4,6-7,10-11H2,1-2H3,(H,20,21). The molecule has 0 heterocycles. The molecule has 1 aromatic rings. The van der Waals surface area contributed by atoms with E-state index in [0.717, 1.165) is 32.1 Å². The van der Waals surface area contributed by atoms with E-state index in [9.17, 15) is 14.3 Å². The van der Waals surface area contributed by atoms with Crippen molar-refractivity contribution in [3.8, 4) is 0 Å². The lowest BCUT2D eigenvalue weighted by Gasteiger charge is -2.33. The predicted molar refractivity (Wildman–Crippen MR) is 82.4 cm³/mol. The van der Waals surface area contributed by atoms with E-state index in [0.29, 0.717) is 12.5 Å². The molecule has 1 aliphatic rings. The third-order valence-electron chi connectivity index (χ3n) is 4.22. The third-order valence-corrected chi connectivity index (χ3v) is 4.22. The van der Waals surface area contributed by atoms with Crippen LogP contribution in [0.15, 0.2) is 18.2 Å². The average molecular weight is 293 g/mol. The van der Waals surface area contributed by atoms with E-state index < -0.39 is 11.8 Å². The molecule has 0 unspecified atom stereocenters. The van der Waals surface area contributed by atoms with Crippen LogP contribution in [-0.4, -0.2) is 23.7 Å². The minimum atomic E-state index is -1.06. The average Bonchev–Trinajstić information content (AvgIpc) is 2.93. The van der Waals surface area contributed by atoms with Crippen LogP contribution in [0.4, 0.5) is 10.1 Å². The van der Waals surface area contributed by atoms with Crippen molar-refractivity contribution >= 4 is 11.7 Å². The van der Waals surface area contributed by atoms with Crippen molar-refractivity contribution < 1.29 is 14.3 Å². The topological polar surface area (TPSA) is 40.5 Å². The molecular formula is C17H24FNO2. The number of nitrogens with zero attached hydrogens (tertiary/aromatic N) is 1. The number of carbonyl (C=O) groups is 1. The van der Waals surface area contributed by atoms with Crippen molar-refractivity contribution in [1.29, 1.82) is 0 Å². The van der Waals surface area contributed by atoms with Crippen LogP contribution >= 0.6 is 0 Å². The van der Waals surface area contributed by atoms with Gasteiger partial charge in [0.15, 0.2) is 0 Å². The first-order chi connectivity index (χ1) is 10.0. The van der Waals surface area contributed by atoms with E-state index >= 15 is 0 Å². The molecule has 1 aromatic carbocycles. The number of para-hydroxylation sites is 1. The van der Waals surface area contributed by atoms with Gasteiger partial charge in [-0.05, 0) is 37.3 Å². The van der Waals surface area contributed by atoms with Crippen LogP contribution in [0.5, 0.6) is 0 Å². The summed E-state index contributed by atoms with van der Waals surface area (Å²) in [6, 6.07) is 4.59. The maximum Gasteiger partial charge on any atom is 0.337 e. The highest BCUT2D eigenvalue weighted by atomic mass is 19.1. The second kappa shape index (κ2) is 6.92. The Balaban J connectivity index is 2.37. The Morgan fingerprint density at radius 3 is 2.62 bits per heavy atom. The SMILES string of the molecule is CC(C)CCN(c1c(F)cccc1C(=O)O)C1CCCC1. The Hall–Kier alpha value is -1.58. The number of anilines is 1. The Morgan fingerprint density at radius 2 is 2.05 bits per heavy atom. The summed E-state index contributed by atoms with van der Waals surface area (Å²) in [6.45, 7) is 4.97. The zero-order valence-corrected chi connectivity index (χ0v) is 12.8. The summed E-state index contributed by atoms with van der Waals surface area (Å²) in [5.74, 6) is -0.975. The van der Waals surface area contributed by atoms with Crippen LogP contribution in [0.1, 0.15) is 56.3 Å². The molecule has 0 atom stereocenters. The van der Waals surface area contributed by atoms with Gasteiger partial charge in [-0.2, -0.15) is 0 Å². The summed E-state index contributed by atoms with van der Waals surface area (Å²) in [7, 11) is 0. The number of carboxylic acids is 1. The van der Waals surface area contributed by atoms with Crippen LogP contribution in [-0.2, 0) is 0 Å². The lowest BCUT2D eigenvalue weighted by atomic mass is 10.0. The first-order valence-electron chi connectivity index (χ1n) is 7.79. The maximum absolute atomic E-state index is 14.3. The van der Waals surface area contributed by atoms with Crippen molar-refractivity contribution in [2.75, 3.05) is 11.4 Å². The van der Waals surface area contributed by atoms with Crippen molar-refractivity contribution in [3.05, 3.63) is 29.6 Å². The van der Waals surface area contributed by atoms with E-state index in [1.54, 1.807) is 0 Å². The molecule has 1 aliphatic carbocycles. The van der Waals surface area contributed by atoms with Gasteiger partial charge in [0.2, 0.25) is 0 Å². The summed E-state index contributed by atoms with van der Waals surface area (Å²) < 4.78 is 14.3. The number of halogens is 1. The summed E-state index contributed by atoms with van der Waals surface area (Å²) in [5.41, 5.74) is 0.350. The van der Waals surface area contributed by atoms with Gasteiger partial charge in [-0.15, -0.1) is 0 Å². The molecule has 21 heavy (non-hydrogen) atoms. The fourth-order valence-corrected chi connectivity index (χ4v) is 3.07. The van der Waals surface area contributed by atoms with E-state index in [2.05, 4.69) is 13.8 Å². The van der Waals surface area contributed by atoms with E-state index in [1.165, 1.54) is 18.2 Å². The molecule has 0 aromatic heterocycles. The Kier molecular flexibility index (Phi) is 5.21. The third kappa shape index (κ3) is 3.74. The number of rotatable bonds is 6. The number of hydrogen-bond donors (Lipinski definition) is 1. The quantitative estimate of drug-likeness (QED) is 0.849. The molecule has 3 nitrogen and oxygen atoms in total.